The van der Waals surface area contributed by atoms with E-state index in [9.17, 15) is 0 Å². The summed E-state index contributed by atoms with van der Waals surface area (Å²) < 4.78 is 0. The third kappa shape index (κ3) is 1820. The molecule has 0 saturated heterocycles. The van der Waals surface area contributed by atoms with Crippen LogP contribution < -0.4 is 30.6 Å². The summed E-state index contributed by atoms with van der Waals surface area (Å²) in [6, 6.07) is 0. The van der Waals surface area contributed by atoms with E-state index in [2.05, 4.69) is 0 Å². The molecule has 0 saturated carbocycles. The first-order valence-electron chi connectivity index (χ1n) is 1.84. The zero-order chi connectivity index (χ0) is 10.7. The zero-order valence-corrected chi connectivity index (χ0v) is 9.51. The van der Waals surface area contributed by atoms with Crippen molar-refractivity contribution in [1.29, 1.82) is 0 Å². The summed E-state index contributed by atoms with van der Waals surface area (Å²) in [6.45, 7) is 0. The molecular formula is C3CoO9Zr. The van der Waals surface area contributed by atoms with Crippen molar-refractivity contribution in [3.63, 3.8) is 0 Å². The zero-order valence-electron chi connectivity index (χ0n) is 6.01. The van der Waals surface area contributed by atoms with Crippen LogP contribution in [0.5, 0.6) is 0 Å². The van der Waals surface area contributed by atoms with Gasteiger partial charge in [-0.3, -0.25) is 0 Å². The Morgan fingerprint density at radius 1 is 0.571 bits per heavy atom. The molecule has 1 radical (unpaired) electrons. The predicted octanol–water partition coefficient (Wildman–Crippen LogP) is -7.35. The average molecular weight is 330 g/mol. The van der Waals surface area contributed by atoms with Crippen LogP contribution in [-0.4, -0.2) is 18.5 Å². The third-order valence-corrected chi connectivity index (χ3v) is 0. The van der Waals surface area contributed by atoms with Crippen molar-refractivity contribution in [2.24, 2.45) is 0 Å². The van der Waals surface area contributed by atoms with Crippen molar-refractivity contribution in [2.75, 3.05) is 0 Å². The summed E-state index contributed by atoms with van der Waals surface area (Å²) >= 11 is 0. The second-order valence-corrected chi connectivity index (χ2v) is 0.750. The maximum atomic E-state index is 8.33. The first-order valence-corrected chi connectivity index (χ1v) is 1.84. The maximum absolute atomic E-state index is 8.33. The first kappa shape index (κ1) is 29.2. The van der Waals surface area contributed by atoms with Crippen LogP contribution in [0, 0.1) is 0 Å². The number of carbonyl (C=O) groups is 3. The Balaban J connectivity index is -0.0000000270. The Kier molecular flexibility index (Phi) is 47.5. The van der Waals surface area contributed by atoms with Crippen LogP contribution in [0.1, 0.15) is 0 Å². The van der Waals surface area contributed by atoms with Crippen LogP contribution in [0.25, 0.3) is 0 Å². The smallest absolute Gasteiger partial charge is 0.652 e. The van der Waals surface area contributed by atoms with Gasteiger partial charge < -0.3 is 45.0 Å². The molecule has 0 bridgehead atoms. The molecule has 0 amide bonds. The third-order valence-electron chi connectivity index (χ3n) is 0. The Morgan fingerprint density at radius 3 is 0.571 bits per heavy atom. The summed E-state index contributed by atoms with van der Waals surface area (Å²) in [6.07, 6.45) is -7.00. The molecular weight excluding hydrogens is 330 g/mol. The summed E-state index contributed by atoms with van der Waals surface area (Å²) in [7, 11) is 0. The van der Waals surface area contributed by atoms with Gasteiger partial charge in [-0.25, -0.2) is 0 Å². The Bertz CT molecular complexity index is 118. The minimum absolute atomic E-state index is 0. The van der Waals surface area contributed by atoms with Gasteiger partial charge in [0.25, 0.3) is 0 Å². The van der Waals surface area contributed by atoms with Gasteiger partial charge in [0, 0.05) is 0 Å². The molecule has 11 heteroatoms. The van der Waals surface area contributed by atoms with Crippen LogP contribution in [-0.2, 0) is 43.0 Å². The summed E-state index contributed by atoms with van der Waals surface area (Å²) in [5.74, 6) is 0. The van der Waals surface area contributed by atoms with Crippen LogP contribution in [0.4, 0.5) is 14.4 Å². The molecule has 0 aliphatic carbocycles. The van der Waals surface area contributed by atoms with E-state index in [1.165, 1.54) is 0 Å². The number of carbonyl (C=O) groups excluding carboxylic acids is 3. The van der Waals surface area contributed by atoms with Gasteiger partial charge in [-0.05, 0) is 18.5 Å². The van der Waals surface area contributed by atoms with Crippen LogP contribution in [0.3, 0.4) is 0 Å². The van der Waals surface area contributed by atoms with E-state index in [0.717, 1.165) is 0 Å². The molecule has 9 nitrogen and oxygen atoms in total. The summed E-state index contributed by atoms with van der Waals surface area (Å²) in [4.78, 5) is 25.0. The van der Waals surface area contributed by atoms with E-state index < -0.39 is 18.5 Å². The Hall–Kier alpha value is -0.800. The minimum Gasteiger partial charge on any atom is -0.652 e. The quantitative estimate of drug-likeness (QED) is 0.415. The molecule has 0 aliphatic rings. The largest absolute Gasteiger partial charge is 4.00 e. The van der Waals surface area contributed by atoms with Crippen molar-refractivity contribution in [1.82, 2.24) is 0 Å². The fourth-order valence-electron chi connectivity index (χ4n) is 0. The molecule has 0 spiro atoms. The Labute approximate surface area is 106 Å². The standard InChI is InChI=1S/3CH2O3.Co.Zr/c3*2-1(3)4;;/h3*(H2,2,3,4);;/q;;;+2;+4/p-6. The first-order chi connectivity index (χ1) is 5.20. The number of carboxylic acid groups (broad SMARTS) is 6. The number of hydrogen-bond acceptors (Lipinski definition) is 9. The predicted molar refractivity (Wildman–Crippen MR) is 16.2 cm³/mol. The van der Waals surface area contributed by atoms with Crippen molar-refractivity contribution in [3.05, 3.63) is 0 Å². The van der Waals surface area contributed by atoms with E-state index in [-0.39, 0.29) is 43.0 Å². The van der Waals surface area contributed by atoms with Gasteiger partial charge in [0.15, 0.2) is 0 Å². The summed E-state index contributed by atoms with van der Waals surface area (Å²) in [5, 5.41) is 50.0. The topological polar surface area (TPSA) is 190 Å². The molecule has 0 N–H and O–H groups in total. The molecule has 0 aromatic carbocycles. The molecule has 0 rings (SSSR count). The SMILES string of the molecule is O=C([O-])[O-].O=C([O-])[O-].O=C([O-])[O-].[Co+2].[Zr+4]. The van der Waals surface area contributed by atoms with Gasteiger partial charge in [-0.15, -0.1) is 0 Å². The minimum atomic E-state index is -2.33. The molecule has 14 heavy (non-hydrogen) atoms. The van der Waals surface area contributed by atoms with E-state index in [0.29, 0.717) is 0 Å². The van der Waals surface area contributed by atoms with Crippen molar-refractivity contribution >= 4 is 18.5 Å². The molecule has 0 aliphatic heterocycles. The van der Waals surface area contributed by atoms with Crippen molar-refractivity contribution in [2.45, 2.75) is 0 Å². The second-order valence-electron chi connectivity index (χ2n) is 0.750. The van der Waals surface area contributed by atoms with Crippen LogP contribution >= 0.6 is 0 Å². The van der Waals surface area contributed by atoms with Gasteiger partial charge in [-0.1, -0.05) is 0 Å². The van der Waals surface area contributed by atoms with Crippen LogP contribution in [0.15, 0.2) is 0 Å². The van der Waals surface area contributed by atoms with Gasteiger partial charge >= 0.3 is 43.0 Å². The van der Waals surface area contributed by atoms with Gasteiger partial charge in [0.2, 0.25) is 0 Å². The molecule has 0 aromatic heterocycles. The van der Waals surface area contributed by atoms with E-state index in [1.54, 1.807) is 0 Å². The van der Waals surface area contributed by atoms with E-state index in [1.807, 2.05) is 0 Å². The fraction of sp³-hybridized carbons (Fsp3) is 0. The molecule has 0 aromatic rings. The van der Waals surface area contributed by atoms with Crippen molar-refractivity contribution in [3.8, 4) is 0 Å². The molecule has 0 atom stereocenters. The molecule has 0 unspecified atom stereocenters. The molecule has 0 fully saturated rings. The van der Waals surface area contributed by atoms with Gasteiger partial charge in [0.1, 0.15) is 0 Å². The maximum Gasteiger partial charge on any atom is 4.00 e. The monoisotopic (exact) mass is 329 g/mol. The van der Waals surface area contributed by atoms with Crippen LogP contribution in [0.2, 0.25) is 0 Å². The number of rotatable bonds is 0. The van der Waals surface area contributed by atoms with Gasteiger partial charge in [0.05, 0.1) is 0 Å². The average Bonchev–Trinajstić information content (AvgIpc) is 1.54. The Morgan fingerprint density at radius 2 is 0.571 bits per heavy atom. The van der Waals surface area contributed by atoms with Crippen molar-refractivity contribution < 1.29 is 88.0 Å². The van der Waals surface area contributed by atoms with E-state index in [4.69, 9.17) is 45.0 Å². The molecule has 79 valence electrons. The second kappa shape index (κ2) is 22.8. The van der Waals surface area contributed by atoms with Gasteiger partial charge in [-0.2, -0.15) is 0 Å². The summed E-state index contributed by atoms with van der Waals surface area (Å²) in [5.41, 5.74) is 0. The molecule has 0 heterocycles. The van der Waals surface area contributed by atoms with E-state index >= 15 is 0 Å². The number of hydrogen-bond donors (Lipinski definition) is 0. The normalized spacial score (nSPS) is 5.14. The fourth-order valence-corrected chi connectivity index (χ4v) is 0.